The molecular formula is C21H22N2O3S2. The summed E-state index contributed by atoms with van der Waals surface area (Å²) < 4.78 is 11.3. The summed E-state index contributed by atoms with van der Waals surface area (Å²) in [4.78, 5) is 14.7. The lowest BCUT2D eigenvalue weighted by molar-refractivity contribution is -0.113. The van der Waals surface area contributed by atoms with Crippen molar-refractivity contribution in [1.29, 1.82) is 5.26 Å². The quantitative estimate of drug-likeness (QED) is 0.738. The summed E-state index contributed by atoms with van der Waals surface area (Å²) in [6.45, 7) is 3.53. The smallest absolute Gasteiger partial charge is 0.235 e. The van der Waals surface area contributed by atoms with E-state index in [4.69, 9.17) is 9.47 Å². The number of fused-ring (bicyclic) bond motifs is 2. The van der Waals surface area contributed by atoms with Crippen LogP contribution in [0.5, 0.6) is 11.5 Å². The number of benzene rings is 1. The van der Waals surface area contributed by atoms with Crippen molar-refractivity contribution in [1.82, 2.24) is 0 Å². The largest absolute Gasteiger partial charge is 0.490 e. The molecule has 2 aliphatic rings. The van der Waals surface area contributed by atoms with Crippen LogP contribution in [0.2, 0.25) is 0 Å². The van der Waals surface area contributed by atoms with Gasteiger partial charge in [-0.25, -0.2) is 0 Å². The molecule has 0 unspecified atom stereocenters. The van der Waals surface area contributed by atoms with Crippen LogP contribution >= 0.6 is 23.1 Å². The highest BCUT2D eigenvalue weighted by atomic mass is 32.2. The molecule has 2 heterocycles. The van der Waals surface area contributed by atoms with Crippen molar-refractivity contribution in [3.8, 4) is 17.6 Å². The average molecular weight is 415 g/mol. The Balaban J connectivity index is 1.40. The number of thioether (sulfide) groups is 1. The Labute approximate surface area is 173 Å². The molecule has 1 amide bonds. The highest BCUT2D eigenvalue weighted by Gasteiger charge is 2.24. The van der Waals surface area contributed by atoms with Crippen LogP contribution in [0.15, 0.2) is 23.1 Å². The molecule has 7 heteroatoms. The van der Waals surface area contributed by atoms with Gasteiger partial charge in [-0.1, -0.05) is 6.92 Å². The number of thiophene rings is 1. The number of carbonyl (C=O) groups is 1. The van der Waals surface area contributed by atoms with Gasteiger partial charge in [0.1, 0.15) is 11.1 Å². The molecule has 1 aromatic carbocycles. The molecule has 0 saturated carbocycles. The van der Waals surface area contributed by atoms with Crippen LogP contribution in [-0.4, -0.2) is 24.9 Å². The number of rotatable bonds is 4. The second kappa shape index (κ2) is 8.46. The molecule has 4 rings (SSSR count). The van der Waals surface area contributed by atoms with E-state index in [9.17, 15) is 10.1 Å². The molecule has 0 saturated heterocycles. The average Bonchev–Trinajstić information content (AvgIpc) is 2.86. The first-order valence-corrected chi connectivity index (χ1v) is 11.3. The van der Waals surface area contributed by atoms with Crippen molar-refractivity contribution in [3.63, 3.8) is 0 Å². The maximum atomic E-state index is 12.5. The second-order valence-corrected chi connectivity index (χ2v) is 9.32. The summed E-state index contributed by atoms with van der Waals surface area (Å²) in [5.74, 6) is 2.30. The standard InChI is InChI=1S/C21H22N2O3S2/c1-13-3-5-15-16(11-22)21(28-19(15)9-13)23-20(24)12-27-14-4-6-17-18(10-14)26-8-2-7-25-17/h4,6,10,13H,2-3,5,7-9,12H2,1H3,(H,23,24)/t13-/m1/s1. The van der Waals surface area contributed by atoms with Crippen LogP contribution in [-0.2, 0) is 17.6 Å². The molecule has 146 valence electrons. The number of hydrogen-bond acceptors (Lipinski definition) is 6. The van der Waals surface area contributed by atoms with Gasteiger partial charge in [-0.3, -0.25) is 4.79 Å². The van der Waals surface area contributed by atoms with Gasteiger partial charge in [-0.05, 0) is 48.9 Å². The SMILES string of the molecule is C[C@@H]1CCc2c(sc(NC(=O)CSc3ccc4c(c3)OCCCO4)c2C#N)C1. The molecule has 1 aliphatic heterocycles. The monoisotopic (exact) mass is 414 g/mol. The van der Waals surface area contributed by atoms with Crippen LogP contribution in [0.1, 0.15) is 35.8 Å². The lowest BCUT2D eigenvalue weighted by atomic mass is 9.89. The molecule has 0 fully saturated rings. The molecular weight excluding hydrogens is 392 g/mol. The molecule has 0 bridgehead atoms. The first-order valence-electron chi connectivity index (χ1n) is 9.51. The molecule has 0 radical (unpaired) electrons. The highest BCUT2D eigenvalue weighted by Crippen LogP contribution is 2.39. The first kappa shape index (κ1) is 19.2. The predicted molar refractivity (Wildman–Crippen MR) is 112 cm³/mol. The van der Waals surface area contributed by atoms with E-state index in [0.29, 0.717) is 29.7 Å². The minimum atomic E-state index is -0.0970. The third kappa shape index (κ3) is 4.13. The Hall–Kier alpha value is -2.17. The maximum Gasteiger partial charge on any atom is 0.235 e. The van der Waals surface area contributed by atoms with E-state index in [1.165, 1.54) is 16.6 Å². The Morgan fingerprint density at radius 1 is 1.36 bits per heavy atom. The van der Waals surface area contributed by atoms with Gasteiger partial charge in [0.05, 0.1) is 24.5 Å². The van der Waals surface area contributed by atoms with Crippen LogP contribution in [0.25, 0.3) is 0 Å². The third-order valence-corrected chi connectivity index (χ3v) is 7.13. The minimum absolute atomic E-state index is 0.0970. The van der Waals surface area contributed by atoms with Crippen molar-refractivity contribution in [2.24, 2.45) is 5.92 Å². The fourth-order valence-corrected chi connectivity index (χ4v) is 5.60. The second-order valence-electron chi connectivity index (χ2n) is 7.16. The van der Waals surface area contributed by atoms with Gasteiger partial charge in [0.2, 0.25) is 5.91 Å². The van der Waals surface area contributed by atoms with E-state index < -0.39 is 0 Å². The van der Waals surface area contributed by atoms with Crippen molar-refractivity contribution in [3.05, 3.63) is 34.2 Å². The van der Waals surface area contributed by atoms with Crippen molar-refractivity contribution < 1.29 is 14.3 Å². The Morgan fingerprint density at radius 3 is 3.00 bits per heavy atom. The summed E-state index contributed by atoms with van der Waals surface area (Å²) >= 11 is 3.01. The van der Waals surface area contributed by atoms with Gasteiger partial charge in [0.15, 0.2) is 11.5 Å². The Bertz CT molecular complexity index is 932. The van der Waals surface area contributed by atoms with Gasteiger partial charge in [-0.15, -0.1) is 23.1 Å². The number of ether oxygens (including phenoxy) is 2. The first-order chi connectivity index (χ1) is 13.6. The predicted octanol–water partition coefficient (Wildman–Crippen LogP) is 4.64. The lowest BCUT2D eigenvalue weighted by Gasteiger charge is -2.17. The number of hydrogen-bond donors (Lipinski definition) is 1. The van der Waals surface area contributed by atoms with E-state index >= 15 is 0 Å². The van der Waals surface area contributed by atoms with Crippen molar-refractivity contribution in [2.45, 2.75) is 37.5 Å². The zero-order valence-corrected chi connectivity index (χ0v) is 17.4. The molecule has 1 atom stereocenters. The van der Waals surface area contributed by atoms with Gasteiger partial charge in [-0.2, -0.15) is 5.26 Å². The molecule has 0 spiro atoms. The van der Waals surface area contributed by atoms with Crippen molar-refractivity contribution >= 4 is 34.0 Å². The molecule has 1 aliphatic carbocycles. The van der Waals surface area contributed by atoms with Gasteiger partial charge in [0, 0.05) is 16.2 Å². The highest BCUT2D eigenvalue weighted by molar-refractivity contribution is 8.00. The zero-order chi connectivity index (χ0) is 19.5. The van der Waals surface area contributed by atoms with Gasteiger partial charge < -0.3 is 14.8 Å². The normalized spacial score (nSPS) is 17.9. The minimum Gasteiger partial charge on any atom is -0.490 e. The van der Waals surface area contributed by atoms with E-state index in [-0.39, 0.29) is 11.7 Å². The van der Waals surface area contributed by atoms with Crippen LogP contribution < -0.4 is 14.8 Å². The van der Waals surface area contributed by atoms with E-state index in [0.717, 1.165) is 47.6 Å². The van der Waals surface area contributed by atoms with Gasteiger partial charge >= 0.3 is 0 Å². The lowest BCUT2D eigenvalue weighted by Crippen LogP contribution is -2.14. The fourth-order valence-electron chi connectivity index (χ4n) is 3.50. The number of nitrogens with zero attached hydrogens (tertiary/aromatic N) is 1. The van der Waals surface area contributed by atoms with E-state index in [1.807, 2.05) is 18.2 Å². The number of amides is 1. The van der Waals surface area contributed by atoms with E-state index in [2.05, 4.69) is 18.3 Å². The summed E-state index contributed by atoms with van der Waals surface area (Å²) in [6, 6.07) is 8.05. The van der Waals surface area contributed by atoms with Crippen LogP contribution in [0, 0.1) is 17.2 Å². The summed E-state index contributed by atoms with van der Waals surface area (Å²) in [7, 11) is 0. The number of nitriles is 1. The van der Waals surface area contributed by atoms with Gasteiger partial charge in [0.25, 0.3) is 0 Å². The Kier molecular flexibility index (Phi) is 5.79. The Morgan fingerprint density at radius 2 is 2.18 bits per heavy atom. The molecule has 2 aromatic rings. The molecule has 5 nitrogen and oxygen atoms in total. The summed E-state index contributed by atoms with van der Waals surface area (Å²) in [6.07, 6.45) is 3.89. The van der Waals surface area contributed by atoms with Crippen LogP contribution in [0.4, 0.5) is 5.00 Å². The third-order valence-electron chi connectivity index (χ3n) is 4.97. The zero-order valence-electron chi connectivity index (χ0n) is 15.7. The number of anilines is 1. The fraction of sp³-hybridized carbons (Fsp3) is 0.429. The summed E-state index contributed by atoms with van der Waals surface area (Å²) in [5.41, 5.74) is 1.79. The topological polar surface area (TPSA) is 71.3 Å². The van der Waals surface area contributed by atoms with Crippen LogP contribution in [0.3, 0.4) is 0 Å². The molecule has 1 N–H and O–H groups in total. The van der Waals surface area contributed by atoms with E-state index in [1.54, 1.807) is 11.3 Å². The molecule has 28 heavy (non-hydrogen) atoms. The summed E-state index contributed by atoms with van der Waals surface area (Å²) in [5, 5.41) is 13.2. The maximum absolute atomic E-state index is 12.5. The van der Waals surface area contributed by atoms with Crippen molar-refractivity contribution in [2.75, 3.05) is 24.3 Å². The number of carbonyl (C=O) groups excluding carboxylic acids is 1. The number of nitrogens with one attached hydrogen (secondary N) is 1. The molecule has 1 aromatic heterocycles.